The molecule has 1 aromatic carbocycles. The van der Waals surface area contributed by atoms with Crippen LogP contribution >= 0.6 is 0 Å². The molecule has 18 heavy (non-hydrogen) atoms. The average Bonchev–Trinajstić information content (AvgIpc) is 2.71. The van der Waals surface area contributed by atoms with Crippen molar-refractivity contribution in [3.8, 4) is 11.4 Å². The molecule has 1 amide bonds. The van der Waals surface area contributed by atoms with E-state index in [1.807, 2.05) is 0 Å². The normalized spacial score (nSPS) is 13.3. The SMILES string of the molecule is O=C1NCc2nc(-c3c(F)cccc3F)ncc21. The average molecular weight is 247 g/mol. The minimum atomic E-state index is -0.729. The molecule has 1 aliphatic heterocycles. The highest BCUT2D eigenvalue weighted by molar-refractivity contribution is 5.97. The number of amides is 1. The Labute approximate surface area is 101 Å². The van der Waals surface area contributed by atoms with Gasteiger partial charge in [-0.05, 0) is 12.1 Å². The summed E-state index contributed by atoms with van der Waals surface area (Å²) in [6.07, 6.45) is 1.28. The summed E-state index contributed by atoms with van der Waals surface area (Å²) in [5, 5.41) is 2.56. The molecule has 1 N–H and O–H groups in total. The first kappa shape index (κ1) is 10.8. The smallest absolute Gasteiger partial charge is 0.255 e. The summed E-state index contributed by atoms with van der Waals surface area (Å²) >= 11 is 0. The van der Waals surface area contributed by atoms with Gasteiger partial charge in [0.15, 0.2) is 5.82 Å². The van der Waals surface area contributed by atoms with Gasteiger partial charge in [0.25, 0.3) is 5.91 Å². The van der Waals surface area contributed by atoms with Crippen LogP contribution in [0.2, 0.25) is 0 Å². The van der Waals surface area contributed by atoms with Crippen LogP contribution in [0.15, 0.2) is 24.4 Å². The summed E-state index contributed by atoms with van der Waals surface area (Å²) in [5.41, 5.74) is 0.516. The number of nitrogens with one attached hydrogen (secondary N) is 1. The fourth-order valence-electron chi connectivity index (χ4n) is 1.83. The summed E-state index contributed by atoms with van der Waals surface area (Å²) in [7, 11) is 0. The Balaban J connectivity index is 2.17. The van der Waals surface area contributed by atoms with Gasteiger partial charge in [0.1, 0.15) is 11.6 Å². The topological polar surface area (TPSA) is 54.9 Å². The van der Waals surface area contributed by atoms with Crippen molar-refractivity contribution in [2.24, 2.45) is 0 Å². The molecule has 0 spiro atoms. The van der Waals surface area contributed by atoms with Crippen LogP contribution in [0.3, 0.4) is 0 Å². The van der Waals surface area contributed by atoms with Crippen molar-refractivity contribution in [2.45, 2.75) is 6.54 Å². The van der Waals surface area contributed by atoms with E-state index in [1.165, 1.54) is 12.3 Å². The van der Waals surface area contributed by atoms with Crippen molar-refractivity contribution >= 4 is 5.91 Å². The molecule has 0 atom stereocenters. The van der Waals surface area contributed by atoms with Crippen LogP contribution < -0.4 is 5.32 Å². The van der Waals surface area contributed by atoms with Gasteiger partial charge in [0, 0.05) is 6.20 Å². The van der Waals surface area contributed by atoms with Crippen molar-refractivity contribution < 1.29 is 13.6 Å². The molecule has 0 radical (unpaired) electrons. The minimum absolute atomic E-state index is 0.0548. The van der Waals surface area contributed by atoms with Crippen LogP contribution in [0, 0.1) is 11.6 Å². The molecule has 0 fully saturated rings. The lowest BCUT2D eigenvalue weighted by Crippen LogP contribution is -2.12. The Morgan fingerprint density at radius 2 is 1.94 bits per heavy atom. The molecular formula is C12H7F2N3O. The number of hydrogen-bond acceptors (Lipinski definition) is 3. The minimum Gasteiger partial charge on any atom is -0.346 e. The van der Waals surface area contributed by atoms with Gasteiger partial charge in [-0.25, -0.2) is 18.7 Å². The molecule has 1 aromatic heterocycles. The van der Waals surface area contributed by atoms with E-state index >= 15 is 0 Å². The van der Waals surface area contributed by atoms with E-state index in [0.717, 1.165) is 12.1 Å². The number of nitrogens with zero attached hydrogens (tertiary/aromatic N) is 2. The molecule has 0 aliphatic carbocycles. The first-order valence-corrected chi connectivity index (χ1v) is 5.25. The van der Waals surface area contributed by atoms with E-state index in [9.17, 15) is 13.6 Å². The number of fused-ring (bicyclic) bond motifs is 1. The molecule has 4 nitrogen and oxygen atoms in total. The van der Waals surface area contributed by atoms with Gasteiger partial charge in [-0.1, -0.05) is 6.07 Å². The van der Waals surface area contributed by atoms with Gasteiger partial charge in [-0.2, -0.15) is 0 Å². The predicted molar refractivity (Wildman–Crippen MR) is 58.6 cm³/mol. The zero-order valence-electron chi connectivity index (χ0n) is 9.08. The van der Waals surface area contributed by atoms with Gasteiger partial charge in [0.05, 0.1) is 23.4 Å². The monoisotopic (exact) mass is 247 g/mol. The lowest BCUT2D eigenvalue weighted by molar-refractivity contribution is 0.0965. The van der Waals surface area contributed by atoms with Crippen LogP contribution in [0.25, 0.3) is 11.4 Å². The molecule has 0 bridgehead atoms. The number of benzene rings is 1. The predicted octanol–water partition coefficient (Wildman–Crippen LogP) is 1.67. The maximum atomic E-state index is 13.6. The Bertz CT molecular complexity index is 638. The van der Waals surface area contributed by atoms with E-state index in [4.69, 9.17) is 0 Å². The Morgan fingerprint density at radius 3 is 2.67 bits per heavy atom. The Hall–Kier alpha value is -2.37. The van der Waals surface area contributed by atoms with Crippen molar-refractivity contribution in [1.82, 2.24) is 15.3 Å². The third kappa shape index (κ3) is 1.54. The quantitative estimate of drug-likeness (QED) is 0.833. The van der Waals surface area contributed by atoms with E-state index in [1.54, 1.807) is 0 Å². The van der Waals surface area contributed by atoms with Crippen LogP contribution in [-0.4, -0.2) is 15.9 Å². The number of carbonyl (C=O) groups is 1. The Kier molecular flexibility index (Phi) is 2.29. The third-order valence-corrected chi connectivity index (χ3v) is 2.72. The standard InChI is InChI=1S/C12H7F2N3O/c13-7-2-1-3-8(14)10(7)11-15-4-6-9(17-11)5-16-12(6)18/h1-4H,5H2,(H,16,18). The second kappa shape index (κ2) is 3.83. The van der Waals surface area contributed by atoms with Crippen molar-refractivity contribution in [1.29, 1.82) is 0 Å². The number of carbonyl (C=O) groups excluding carboxylic acids is 1. The summed E-state index contributed by atoms with van der Waals surface area (Å²) in [5.74, 6) is -1.79. The number of rotatable bonds is 1. The largest absolute Gasteiger partial charge is 0.346 e. The highest BCUT2D eigenvalue weighted by Crippen LogP contribution is 2.24. The lowest BCUT2D eigenvalue weighted by Gasteiger charge is -2.04. The summed E-state index contributed by atoms with van der Waals surface area (Å²) in [6.45, 7) is 0.250. The molecule has 0 unspecified atom stereocenters. The molecule has 90 valence electrons. The van der Waals surface area contributed by atoms with Gasteiger partial charge in [-0.15, -0.1) is 0 Å². The van der Waals surface area contributed by atoms with Gasteiger partial charge >= 0.3 is 0 Å². The van der Waals surface area contributed by atoms with E-state index < -0.39 is 11.6 Å². The molecule has 2 aromatic rings. The molecule has 3 rings (SSSR count). The van der Waals surface area contributed by atoms with Crippen LogP contribution in [0.5, 0.6) is 0 Å². The zero-order chi connectivity index (χ0) is 12.7. The molecule has 1 aliphatic rings. The maximum Gasteiger partial charge on any atom is 0.255 e. The fraction of sp³-hybridized carbons (Fsp3) is 0.0833. The van der Waals surface area contributed by atoms with E-state index in [0.29, 0.717) is 11.3 Å². The second-order valence-corrected chi connectivity index (χ2v) is 3.83. The fourth-order valence-corrected chi connectivity index (χ4v) is 1.83. The first-order chi connectivity index (χ1) is 8.66. The number of aromatic nitrogens is 2. The van der Waals surface area contributed by atoms with E-state index in [2.05, 4.69) is 15.3 Å². The number of hydrogen-bond donors (Lipinski definition) is 1. The van der Waals surface area contributed by atoms with Crippen LogP contribution in [0.1, 0.15) is 16.1 Å². The molecule has 6 heteroatoms. The van der Waals surface area contributed by atoms with E-state index in [-0.39, 0.29) is 23.8 Å². The molecular weight excluding hydrogens is 240 g/mol. The van der Waals surface area contributed by atoms with Crippen molar-refractivity contribution in [3.63, 3.8) is 0 Å². The van der Waals surface area contributed by atoms with Crippen LogP contribution in [0.4, 0.5) is 8.78 Å². The zero-order valence-corrected chi connectivity index (χ0v) is 9.08. The summed E-state index contributed by atoms with van der Waals surface area (Å²) in [4.78, 5) is 19.2. The van der Waals surface area contributed by atoms with Gasteiger partial charge < -0.3 is 5.32 Å². The number of halogens is 2. The molecule has 2 heterocycles. The van der Waals surface area contributed by atoms with Crippen LogP contribution in [-0.2, 0) is 6.54 Å². The van der Waals surface area contributed by atoms with Crippen molar-refractivity contribution in [2.75, 3.05) is 0 Å². The molecule has 0 saturated carbocycles. The summed E-state index contributed by atoms with van der Waals surface area (Å²) in [6, 6.07) is 3.55. The first-order valence-electron chi connectivity index (χ1n) is 5.25. The Morgan fingerprint density at radius 1 is 1.22 bits per heavy atom. The second-order valence-electron chi connectivity index (χ2n) is 3.83. The lowest BCUT2D eigenvalue weighted by atomic mass is 10.1. The summed E-state index contributed by atoms with van der Waals surface area (Å²) < 4.78 is 27.1. The van der Waals surface area contributed by atoms with Crippen molar-refractivity contribution in [3.05, 3.63) is 47.3 Å². The maximum absolute atomic E-state index is 13.6. The molecule has 0 saturated heterocycles. The highest BCUT2D eigenvalue weighted by Gasteiger charge is 2.23. The highest BCUT2D eigenvalue weighted by atomic mass is 19.1. The van der Waals surface area contributed by atoms with Gasteiger partial charge in [-0.3, -0.25) is 4.79 Å². The third-order valence-electron chi connectivity index (χ3n) is 2.72. The van der Waals surface area contributed by atoms with Gasteiger partial charge in [0.2, 0.25) is 0 Å².